The average molecular weight is 475 g/mol. The summed E-state index contributed by atoms with van der Waals surface area (Å²) in [5, 5.41) is 32.1. The van der Waals surface area contributed by atoms with E-state index in [1.807, 2.05) is 0 Å². The van der Waals surface area contributed by atoms with E-state index >= 15 is 0 Å². The predicted molar refractivity (Wildman–Crippen MR) is 119 cm³/mol. The number of hydrogen-bond acceptors (Lipinski definition) is 7. The number of carboxylic acids is 2. The van der Waals surface area contributed by atoms with Crippen LogP contribution >= 0.6 is 0 Å². The van der Waals surface area contributed by atoms with Crippen molar-refractivity contribution in [3.63, 3.8) is 0 Å². The molecule has 0 saturated heterocycles. The van der Waals surface area contributed by atoms with Crippen molar-refractivity contribution in [2.24, 2.45) is 0 Å². The van der Waals surface area contributed by atoms with E-state index in [2.05, 4.69) is 5.32 Å². The van der Waals surface area contributed by atoms with E-state index in [4.69, 9.17) is 0 Å². The topological polar surface area (TPSA) is 184 Å². The number of imide groups is 1. The van der Waals surface area contributed by atoms with Crippen molar-refractivity contribution in [2.45, 2.75) is 0 Å². The number of aromatic carboxylic acids is 2. The molecule has 3 amide bonds. The summed E-state index contributed by atoms with van der Waals surface area (Å²) in [7, 11) is 0. The second-order valence-electron chi connectivity index (χ2n) is 7.32. The first-order chi connectivity index (χ1) is 16.6. The number of carbonyl (C=O) groups is 5. The Morgan fingerprint density at radius 1 is 0.829 bits per heavy atom. The van der Waals surface area contributed by atoms with Crippen molar-refractivity contribution in [3.05, 3.63) is 98.6 Å². The monoisotopic (exact) mass is 475 g/mol. The minimum absolute atomic E-state index is 0.0244. The van der Waals surface area contributed by atoms with E-state index in [1.54, 1.807) is 0 Å². The molecule has 12 nitrogen and oxygen atoms in total. The van der Waals surface area contributed by atoms with Crippen molar-refractivity contribution < 1.29 is 39.1 Å². The van der Waals surface area contributed by atoms with Gasteiger partial charge in [-0.3, -0.25) is 24.5 Å². The normalized spacial score (nSPS) is 12.3. The fourth-order valence-corrected chi connectivity index (χ4v) is 3.59. The summed E-state index contributed by atoms with van der Waals surface area (Å²) in [4.78, 5) is 72.3. The van der Waals surface area contributed by atoms with E-state index in [9.17, 15) is 44.3 Å². The Balaban J connectivity index is 1.66. The molecule has 35 heavy (non-hydrogen) atoms. The zero-order valence-corrected chi connectivity index (χ0v) is 17.4. The lowest BCUT2D eigenvalue weighted by atomic mass is 10.1. The molecule has 0 saturated carbocycles. The van der Waals surface area contributed by atoms with E-state index in [1.165, 1.54) is 36.4 Å². The number of nitro benzene ring substituents is 1. The van der Waals surface area contributed by atoms with Gasteiger partial charge in [0.05, 0.1) is 27.3 Å². The van der Waals surface area contributed by atoms with Crippen molar-refractivity contribution in [1.29, 1.82) is 0 Å². The van der Waals surface area contributed by atoms with E-state index in [0.717, 1.165) is 24.3 Å². The standard InChI is InChI=1S/C23H13N3O9/c27-19(24-14-8-12(22(30)31)7-13(9-14)23(32)33)11-3-1-4-15(10-11)25-20(28)16-5-2-6-17(26(34)35)18(16)21(25)29/h1-10H,(H,24,27)(H,30,31)(H,32,33). The molecule has 0 fully saturated rings. The van der Waals surface area contributed by atoms with Gasteiger partial charge in [0.2, 0.25) is 0 Å². The number of nitrogens with one attached hydrogen (secondary N) is 1. The van der Waals surface area contributed by atoms with Gasteiger partial charge in [-0.25, -0.2) is 14.5 Å². The highest BCUT2D eigenvalue weighted by Crippen LogP contribution is 2.34. The highest BCUT2D eigenvalue weighted by Gasteiger charge is 2.41. The number of fused-ring (bicyclic) bond motifs is 1. The number of nitro groups is 1. The van der Waals surface area contributed by atoms with Crippen LogP contribution in [0.1, 0.15) is 51.8 Å². The van der Waals surface area contributed by atoms with E-state index in [0.29, 0.717) is 4.90 Å². The first kappa shape index (κ1) is 22.8. The molecule has 3 N–H and O–H groups in total. The Labute approximate surface area is 195 Å². The zero-order chi connectivity index (χ0) is 25.4. The predicted octanol–water partition coefficient (Wildman–Crippen LogP) is 3.04. The van der Waals surface area contributed by atoms with Gasteiger partial charge in [0.25, 0.3) is 23.4 Å². The SMILES string of the molecule is O=C(O)c1cc(NC(=O)c2cccc(N3C(=O)c4cccc([N+](=O)[O-])c4C3=O)c2)cc(C(=O)O)c1. The molecule has 0 spiro atoms. The van der Waals surface area contributed by atoms with Crippen LogP contribution in [-0.4, -0.2) is 44.8 Å². The van der Waals surface area contributed by atoms with Gasteiger partial charge in [-0.2, -0.15) is 0 Å². The van der Waals surface area contributed by atoms with Crippen molar-refractivity contribution in [3.8, 4) is 0 Å². The van der Waals surface area contributed by atoms with Crippen LogP contribution in [-0.2, 0) is 0 Å². The minimum Gasteiger partial charge on any atom is -0.478 e. The van der Waals surface area contributed by atoms with Gasteiger partial charge in [0, 0.05) is 17.3 Å². The molecule has 1 heterocycles. The van der Waals surface area contributed by atoms with Gasteiger partial charge in [0.15, 0.2) is 0 Å². The van der Waals surface area contributed by atoms with Gasteiger partial charge in [-0.1, -0.05) is 12.1 Å². The molecule has 174 valence electrons. The molecule has 1 aliphatic rings. The quantitative estimate of drug-likeness (QED) is 0.274. The fraction of sp³-hybridized carbons (Fsp3) is 0. The van der Waals surface area contributed by atoms with Crippen molar-refractivity contribution in [2.75, 3.05) is 10.2 Å². The second-order valence-corrected chi connectivity index (χ2v) is 7.32. The van der Waals surface area contributed by atoms with Crippen LogP contribution in [0.3, 0.4) is 0 Å². The molecule has 0 radical (unpaired) electrons. The summed E-state index contributed by atoms with van der Waals surface area (Å²) in [6.07, 6.45) is 0. The number of amides is 3. The second kappa shape index (κ2) is 8.51. The Morgan fingerprint density at radius 3 is 2.06 bits per heavy atom. The van der Waals surface area contributed by atoms with Crippen LogP contribution in [0, 0.1) is 10.1 Å². The van der Waals surface area contributed by atoms with E-state index in [-0.39, 0.29) is 39.2 Å². The third-order valence-corrected chi connectivity index (χ3v) is 5.14. The van der Waals surface area contributed by atoms with E-state index < -0.39 is 40.3 Å². The van der Waals surface area contributed by atoms with Gasteiger partial charge in [-0.15, -0.1) is 0 Å². The van der Waals surface area contributed by atoms with Crippen LogP contribution in [0.15, 0.2) is 60.7 Å². The van der Waals surface area contributed by atoms with Crippen LogP contribution in [0.5, 0.6) is 0 Å². The Bertz CT molecular complexity index is 1450. The number of carbonyl (C=O) groups excluding carboxylic acids is 3. The first-order valence-electron chi connectivity index (χ1n) is 9.77. The third-order valence-electron chi connectivity index (χ3n) is 5.14. The number of rotatable bonds is 6. The smallest absolute Gasteiger partial charge is 0.335 e. The highest BCUT2D eigenvalue weighted by atomic mass is 16.6. The number of anilines is 2. The Morgan fingerprint density at radius 2 is 1.46 bits per heavy atom. The summed E-state index contributed by atoms with van der Waals surface area (Å²) in [5.74, 6) is -5.30. The number of hydrogen-bond donors (Lipinski definition) is 3. The lowest BCUT2D eigenvalue weighted by Gasteiger charge is -2.15. The van der Waals surface area contributed by atoms with Crippen molar-refractivity contribution >= 4 is 46.7 Å². The van der Waals surface area contributed by atoms with Gasteiger partial charge in [0.1, 0.15) is 5.56 Å². The first-order valence-corrected chi connectivity index (χ1v) is 9.77. The summed E-state index contributed by atoms with van der Waals surface area (Å²) in [6.45, 7) is 0. The summed E-state index contributed by atoms with van der Waals surface area (Å²) in [6, 6.07) is 12.0. The molecule has 12 heteroatoms. The molecule has 0 aliphatic carbocycles. The molecular formula is C23H13N3O9. The molecule has 1 aliphatic heterocycles. The Hall–Kier alpha value is -5.39. The number of nitrogens with zero attached hydrogens (tertiary/aromatic N) is 2. The maximum atomic E-state index is 12.9. The summed E-state index contributed by atoms with van der Waals surface area (Å²) in [5.41, 5.74) is -1.92. The lowest BCUT2D eigenvalue weighted by molar-refractivity contribution is -0.385. The van der Waals surface area contributed by atoms with Gasteiger partial charge >= 0.3 is 11.9 Å². The highest BCUT2D eigenvalue weighted by molar-refractivity contribution is 6.35. The molecule has 3 aromatic rings. The molecule has 4 rings (SSSR count). The van der Waals surface area contributed by atoms with Crippen LogP contribution in [0.25, 0.3) is 0 Å². The van der Waals surface area contributed by atoms with Gasteiger partial charge in [-0.05, 0) is 42.5 Å². The lowest BCUT2D eigenvalue weighted by Crippen LogP contribution is -2.29. The zero-order valence-electron chi connectivity index (χ0n) is 17.4. The molecule has 0 bridgehead atoms. The molecule has 0 unspecified atom stereocenters. The van der Waals surface area contributed by atoms with Crippen LogP contribution in [0.2, 0.25) is 0 Å². The van der Waals surface area contributed by atoms with Crippen molar-refractivity contribution in [1.82, 2.24) is 0 Å². The largest absolute Gasteiger partial charge is 0.478 e. The number of benzene rings is 3. The maximum absolute atomic E-state index is 12.9. The molecule has 0 atom stereocenters. The van der Waals surface area contributed by atoms with Crippen LogP contribution in [0.4, 0.5) is 17.1 Å². The third kappa shape index (κ3) is 4.06. The minimum atomic E-state index is -1.40. The summed E-state index contributed by atoms with van der Waals surface area (Å²) < 4.78 is 0. The molecule has 0 aromatic heterocycles. The summed E-state index contributed by atoms with van der Waals surface area (Å²) >= 11 is 0. The number of carboxylic acid groups (broad SMARTS) is 2. The fourth-order valence-electron chi connectivity index (χ4n) is 3.59. The Kier molecular flexibility index (Phi) is 5.54. The molecular weight excluding hydrogens is 462 g/mol. The molecule has 3 aromatic carbocycles. The van der Waals surface area contributed by atoms with Crippen LogP contribution < -0.4 is 10.2 Å². The maximum Gasteiger partial charge on any atom is 0.335 e. The average Bonchev–Trinajstić information content (AvgIpc) is 3.08. The van der Waals surface area contributed by atoms with Gasteiger partial charge < -0.3 is 15.5 Å².